The first-order valence-corrected chi connectivity index (χ1v) is 7.80. The quantitative estimate of drug-likeness (QED) is 0.763. The second-order valence-electron chi connectivity index (χ2n) is 6.93. The van der Waals surface area contributed by atoms with E-state index in [2.05, 4.69) is 33.1 Å². The van der Waals surface area contributed by atoms with E-state index in [0.717, 1.165) is 35.6 Å². The summed E-state index contributed by atoms with van der Waals surface area (Å²) in [6.45, 7) is 7.41. The zero-order chi connectivity index (χ0) is 12.4. The number of rotatable bonds is 2. The molecule has 1 heteroatoms. The van der Waals surface area contributed by atoms with Gasteiger partial charge >= 0.3 is 0 Å². The van der Waals surface area contributed by atoms with Crippen LogP contribution in [0, 0.1) is 29.6 Å². The molecular weight excluding hydrogens is 206 g/mol. The molecule has 2 rings (SSSR count). The molecule has 0 spiro atoms. The molecule has 0 aromatic rings. The highest BCUT2D eigenvalue weighted by Crippen LogP contribution is 2.44. The lowest BCUT2D eigenvalue weighted by molar-refractivity contribution is 0.0747. The molecule has 2 aliphatic carbocycles. The van der Waals surface area contributed by atoms with Crippen molar-refractivity contribution >= 4 is 0 Å². The summed E-state index contributed by atoms with van der Waals surface area (Å²) in [7, 11) is 2.14. The van der Waals surface area contributed by atoms with Gasteiger partial charge in [-0.05, 0) is 55.9 Å². The largest absolute Gasteiger partial charge is 0.316 e. The zero-order valence-electron chi connectivity index (χ0n) is 12.2. The van der Waals surface area contributed by atoms with Crippen LogP contribution in [0.15, 0.2) is 0 Å². The molecule has 0 aromatic heterocycles. The van der Waals surface area contributed by atoms with Crippen molar-refractivity contribution in [1.29, 1.82) is 0 Å². The first-order chi connectivity index (χ1) is 8.13. The summed E-state index contributed by atoms with van der Waals surface area (Å²) in [5, 5.41) is 3.54. The molecule has 0 radical (unpaired) electrons. The van der Waals surface area contributed by atoms with E-state index in [9.17, 15) is 0 Å². The van der Waals surface area contributed by atoms with Crippen LogP contribution in [-0.4, -0.2) is 13.1 Å². The van der Waals surface area contributed by atoms with Crippen molar-refractivity contribution in [3.63, 3.8) is 0 Å². The number of hydrogen-bond acceptors (Lipinski definition) is 1. The Kier molecular flexibility index (Phi) is 4.52. The Hall–Kier alpha value is -0.0400. The molecule has 4 atom stereocenters. The molecule has 2 fully saturated rings. The number of hydrogen-bond donors (Lipinski definition) is 1. The molecule has 0 heterocycles. The molecule has 1 N–H and O–H groups in total. The van der Waals surface area contributed by atoms with Crippen LogP contribution in [0.3, 0.4) is 0 Å². The van der Waals surface area contributed by atoms with Gasteiger partial charge in [0, 0.05) is 6.04 Å². The standard InChI is InChI=1S/C16H31N/c1-11-7-5-6-8-15(11)14-9-12(2)16(17-4)13(3)10-14/h11-17H,5-10H2,1-4H3. The smallest absolute Gasteiger partial charge is 0.0115 e. The van der Waals surface area contributed by atoms with Gasteiger partial charge < -0.3 is 5.32 Å². The van der Waals surface area contributed by atoms with Crippen molar-refractivity contribution in [2.45, 2.75) is 65.3 Å². The Morgan fingerprint density at radius 2 is 1.41 bits per heavy atom. The highest BCUT2D eigenvalue weighted by Gasteiger charge is 2.37. The van der Waals surface area contributed by atoms with Crippen LogP contribution in [0.1, 0.15) is 59.3 Å². The van der Waals surface area contributed by atoms with Gasteiger partial charge in [-0.2, -0.15) is 0 Å². The molecule has 0 amide bonds. The van der Waals surface area contributed by atoms with Gasteiger partial charge in [-0.25, -0.2) is 0 Å². The molecule has 0 aromatic carbocycles. The van der Waals surface area contributed by atoms with Crippen molar-refractivity contribution < 1.29 is 0 Å². The minimum atomic E-state index is 0.755. The van der Waals surface area contributed by atoms with Crippen LogP contribution in [0.5, 0.6) is 0 Å². The summed E-state index contributed by atoms with van der Waals surface area (Å²) in [6, 6.07) is 0.755. The minimum absolute atomic E-state index is 0.755. The Labute approximate surface area is 108 Å². The summed E-state index contributed by atoms with van der Waals surface area (Å²) >= 11 is 0. The fourth-order valence-electron chi connectivity index (χ4n) is 4.87. The van der Waals surface area contributed by atoms with E-state index in [4.69, 9.17) is 0 Å². The average Bonchev–Trinajstić information content (AvgIpc) is 2.29. The lowest BCUT2D eigenvalue weighted by Gasteiger charge is -2.45. The van der Waals surface area contributed by atoms with Gasteiger partial charge in [0.2, 0.25) is 0 Å². The van der Waals surface area contributed by atoms with Crippen LogP contribution in [-0.2, 0) is 0 Å². The maximum absolute atomic E-state index is 3.54. The van der Waals surface area contributed by atoms with E-state index >= 15 is 0 Å². The average molecular weight is 237 g/mol. The Bertz CT molecular complexity index is 226. The molecule has 4 unspecified atom stereocenters. The maximum Gasteiger partial charge on any atom is 0.0115 e. The van der Waals surface area contributed by atoms with Gasteiger partial charge in [-0.3, -0.25) is 0 Å². The SMILES string of the molecule is CNC1C(C)CC(C2CCCCC2C)CC1C. The fraction of sp³-hybridized carbons (Fsp3) is 1.00. The minimum Gasteiger partial charge on any atom is -0.316 e. The van der Waals surface area contributed by atoms with Crippen molar-refractivity contribution in [1.82, 2.24) is 5.32 Å². The third kappa shape index (κ3) is 2.86. The highest BCUT2D eigenvalue weighted by atomic mass is 14.9. The van der Waals surface area contributed by atoms with E-state index in [1.807, 2.05) is 0 Å². The van der Waals surface area contributed by atoms with Crippen molar-refractivity contribution in [2.75, 3.05) is 7.05 Å². The zero-order valence-corrected chi connectivity index (χ0v) is 12.2. The van der Waals surface area contributed by atoms with Crippen LogP contribution < -0.4 is 5.32 Å². The molecule has 2 saturated carbocycles. The molecule has 1 nitrogen and oxygen atoms in total. The summed E-state index contributed by atoms with van der Waals surface area (Å²) in [5.74, 6) is 4.76. The van der Waals surface area contributed by atoms with Gasteiger partial charge in [0.05, 0.1) is 0 Å². The second-order valence-corrected chi connectivity index (χ2v) is 6.93. The Morgan fingerprint density at radius 1 is 0.824 bits per heavy atom. The van der Waals surface area contributed by atoms with Crippen LogP contribution in [0.25, 0.3) is 0 Å². The predicted octanol–water partition coefficient (Wildman–Crippen LogP) is 4.08. The van der Waals surface area contributed by atoms with Crippen LogP contribution >= 0.6 is 0 Å². The molecule has 100 valence electrons. The van der Waals surface area contributed by atoms with Crippen LogP contribution in [0.4, 0.5) is 0 Å². The lowest BCUT2D eigenvalue weighted by Crippen LogP contribution is -2.45. The van der Waals surface area contributed by atoms with Crippen molar-refractivity contribution in [3.8, 4) is 0 Å². The molecule has 0 saturated heterocycles. The van der Waals surface area contributed by atoms with E-state index in [-0.39, 0.29) is 0 Å². The summed E-state index contributed by atoms with van der Waals surface area (Å²) in [5.41, 5.74) is 0. The topological polar surface area (TPSA) is 12.0 Å². The first-order valence-electron chi connectivity index (χ1n) is 7.80. The Balaban J connectivity index is 1.98. The van der Waals surface area contributed by atoms with Gasteiger partial charge in [0.1, 0.15) is 0 Å². The molecule has 0 bridgehead atoms. The van der Waals surface area contributed by atoms with E-state index in [1.54, 1.807) is 0 Å². The number of nitrogens with one attached hydrogen (secondary N) is 1. The third-order valence-corrected chi connectivity index (χ3v) is 5.69. The Morgan fingerprint density at radius 3 is 1.94 bits per heavy atom. The van der Waals surface area contributed by atoms with Gasteiger partial charge in [-0.15, -0.1) is 0 Å². The molecule has 2 aliphatic rings. The van der Waals surface area contributed by atoms with Crippen LogP contribution in [0.2, 0.25) is 0 Å². The van der Waals surface area contributed by atoms with Crippen molar-refractivity contribution in [3.05, 3.63) is 0 Å². The van der Waals surface area contributed by atoms with Gasteiger partial charge in [0.25, 0.3) is 0 Å². The second kappa shape index (κ2) is 5.73. The monoisotopic (exact) mass is 237 g/mol. The van der Waals surface area contributed by atoms with E-state index < -0.39 is 0 Å². The summed E-state index contributed by atoms with van der Waals surface area (Å²) < 4.78 is 0. The fourth-order valence-corrected chi connectivity index (χ4v) is 4.87. The predicted molar refractivity (Wildman–Crippen MR) is 75.0 cm³/mol. The lowest BCUT2D eigenvalue weighted by atomic mass is 9.63. The van der Waals surface area contributed by atoms with E-state index in [1.165, 1.54) is 38.5 Å². The molecule has 0 aliphatic heterocycles. The van der Waals surface area contributed by atoms with Gasteiger partial charge in [0.15, 0.2) is 0 Å². The molecule has 17 heavy (non-hydrogen) atoms. The maximum atomic E-state index is 3.54. The normalized spacial score (nSPS) is 48.0. The third-order valence-electron chi connectivity index (χ3n) is 5.69. The summed E-state index contributed by atoms with van der Waals surface area (Å²) in [4.78, 5) is 0. The highest BCUT2D eigenvalue weighted by molar-refractivity contribution is 4.90. The molecular formula is C16H31N. The summed E-state index contributed by atoms with van der Waals surface area (Å²) in [6.07, 6.45) is 8.89. The van der Waals surface area contributed by atoms with Gasteiger partial charge in [-0.1, -0.05) is 40.0 Å². The first kappa shape index (κ1) is 13.4. The van der Waals surface area contributed by atoms with Crippen molar-refractivity contribution in [2.24, 2.45) is 29.6 Å². The van der Waals surface area contributed by atoms with E-state index in [0.29, 0.717) is 0 Å².